The first-order valence-corrected chi connectivity index (χ1v) is 9.20. The summed E-state index contributed by atoms with van der Waals surface area (Å²) in [4.78, 5) is 23.2. The molecule has 0 bridgehead atoms. The molecule has 2 aromatic heterocycles. The molecule has 0 spiro atoms. The van der Waals surface area contributed by atoms with Crippen LogP contribution in [0.5, 0.6) is 0 Å². The monoisotopic (exact) mass is 382 g/mol. The van der Waals surface area contributed by atoms with Gasteiger partial charge in [-0.15, -0.1) is 0 Å². The minimum atomic E-state index is -0.649. The molecule has 1 aromatic carbocycles. The van der Waals surface area contributed by atoms with Crippen LogP contribution in [0.4, 0.5) is 8.78 Å². The van der Waals surface area contributed by atoms with E-state index in [-0.39, 0.29) is 11.9 Å². The lowest BCUT2D eigenvalue weighted by molar-refractivity contribution is 0.0551. The Morgan fingerprint density at radius 1 is 1.18 bits per heavy atom. The molecule has 7 heteroatoms. The molecule has 1 amide bonds. The summed E-state index contributed by atoms with van der Waals surface area (Å²) in [5.41, 5.74) is 2.10. The summed E-state index contributed by atoms with van der Waals surface area (Å²) in [6, 6.07) is 7.09. The van der Waals surface area contributed by atoms with E-state index in [0.29, 0.717) is 23.5 Å². The Morgan fingerprint density at radius 3 is 2.54 bits per heavy atom. The lowest BCUT2D eigenvalue weighted by atomic mass is 9.90. The summed E-state index contributed by atoms with van der Waals surface area (Å²) in [5, 5.41) is 0. The van der Waals surface area contributed by atoms with E-state index in [1.807, 2.05) is 18.0 Å². The van der Waals surface area contributed by atoms with Crippen LogP contribution >= 0.6 is 0 Å². The number of aromatic nitrogens is 3. The average molecular weight is 382 g/mol. The third kappa shape index (κ3) is 3.78. The van der Waals surface area contributed by atoms with Crippen LogP contribution in [0.3, 0.4) is 0 Å². The van der Waals surface area contributed by atoms with Crippen LogP contribution in [0.1, 0.15) is 35.3 Å². The molecule has 0 aliphatic heterocycles. The predicted octanol–water partition coefficient (Wildman–Crippen LogP) is 3.96. The highest BCUT2D eigenvalue weighted by Crippen LogP contribution is 2.28. The number of pyridine rings is 1. The van der Waals surface area contributed by atoms with Gasteiger partial charge in [0.15, 0.2) is 0 Å². The molecular weight excluding hydrogens is 362 g/mol. The van der Waals surface area contributed by atoms with Crippen molar-refractivity contribution in [3.05, 3.63) is 71.9 Å². The van der Waals surface area contributed by atoms with E-state index in [2.05, 4.69) is 9.97 Å². The lowest BCUT2D eigenvalue weighted by Crippen LogP contribution is -2.43. The molecule has 0 atom stereocenters. The second-order valence-electron chi connectivity index (χ2n) is 7.15. The zero-order valence-corrected chi connectivity index (χ0v) is 15.5. The Bertz CT molecular complexity index is 993. The maximum Gasteiger partial charge on any atom is 0.274 e. The van der Waals surface area contributed by atoms with Crippen molar-refractivity contribution in [3.63, 3.8) is 0 Å². The smallest absolute Gasteiger partial charge is 0.274 e. The molecule has 0 radical (unpaired) electrons. The number of nitrogens with zero attached hydrogens (tertiary/aromatic N) is 4. The first-order valence-electron chi connectivity index (χ1n) is 9.20. The number of amides is 1. The van der Waals surface area contributed by atoms with Gasteiger partial charge in [0.2, 0.25) is 0 Å². The Morgan fingerprint density at radius 2 is 1.93 bits per heavy atom. The number of aryl methyl sites for hydroxylation is 1. The maximum absolute atomic E-state index is 13.5. The van der Waals surface area contributed by atoms with Gasteiger partial charge in [0.25, 0.3) is 5.91 Å². The molecule has 28 heavy (non-hydrogen) atoms. The summed E-state index contributed by atoms with van der Waals surface area (Å²) in [6.07, 6.45) is 7.94. The fraction of sp³-hybridized carbons (Fsp3) is 0.286. The molecular formula is C21H20F2N4O. The molecule has 0 N–H and O–H groups in total. The van der Waals surface area contributed by atoms with Gasteiger partial charge in [0.1, 0.15) is 17.3 Å². The van der Waals surface area contributed by atoms with Crippen LogP contribution in [0.25, 0.3) is 11.3 Å². The highest BCUT2D eigenvalue weighted by atomic mass is 19.1. The quantitative estimate of drug-likeness (QED) is 0.671. The molecule has 144 valence electrons. The van der Waals surface area contributed by atoms with Crippen LogP contribution in [-0.4, -0.2) is 31.4 Å². The van der Waals surface area contributed by atoms with E-state index in [1.54, 1.807) is 29.4 Å². The number of imidazole rings is 1. The van der Waals surface area contributed by atoms with Gasteiger partial charge < -0.3 is 9.47 Å². The highest BCUT2D eigenvalue weighted by molar-refractivity contribution is 5.92. The zero-order chi connectivity index (χ0) is 19.7. The molecule has 0 saturated heterocycles. The standard InChI is InChI=1S/C21H20F2N4O/c1-26-12-20(25-13-26)21(28)27(18-3-2-4-18)11-14-5-6-24-19(7-14)15-8-16(22)10-17(23)9-15/h5-10,12-13,18H,2-4,11H2,1H3. The molecule has 4 rings (SSSR count). The van der Waals surface area contributed by atoms with Crippen LogP contribution in [0.15, 0.2) is 49.1 Å². The van der Waals surface area contributed by atoms with Gasteiger partial charge in [-0.25, -0.2) is 13.8 Å². The van der Waals surface area contributed by atoms with Gasteiger partial charge in [-0.3, -0.25) is 9.78 Å². The van der Waals surface area contributed by atoms with Gasteiger partial charge in [0.05, 0.1) is 12.0 Å². The zero-order valence-electron chi connectivity index (χ0n) is 15.5. The van der Waals surface area contributed by atoms with Crippen molar-refractivity contribution in [2.45, 2.75) is 31.8 Å². The van der Waals surface area contributed by atoms with Crippen molar-refractivity contribution >= 4 is 5.91 Å². The molecule has 1 aliphatic rings. The van der Waals surface area contributed by atoms with E-state index in [0.717, 1.165) is 30.9 Å². The summed E-state index contributed by atoms with van der Waals surface area (Å²) in [6.45, 7) is 0.396. The fourth-order valence-electron chi connectivity index (χ4n) is 3.36. The minimum Gasteiger partial charge on any atom is -0.340 e. The first kappa shape index (κ1) is 18.3. The van der Waals surface area contributed by atoms with E-state index in [9.17, 15) is 13.6 Å². The number of hydrogen-bond donors (Lipinski definition) is 0. The first-order chi connectivity index (χ1) is 13.5. The van der Waals surface area contributed by atoms with E-state index in [4.69, 9.17) is 0 Å². The van der Waals surface area contributed by atoms with Crippen molar-refractivity contribution in [3.8, 4) is 11.3 Å². The summed E-state index contributed by atoms with van der Waals surface area (Å²) in [7, 11) is 1.82. The van der Waals surface area contributed by atoms with Crippen molar-refractivity contribution in [1.29, 1.82) is 0 Å². The SMILES string of the molecule is Cn1cnc(C(=O)N(Cc2ccnc(-c3cc(F)cc(F)c3)c2)C2CCC2)c1. The van der Waals surface area contributed by atoms with Gasteiger partial charge in [-0.2, -0.15) is 0 Å². The Kier molecular flexibility index (Phi) is 4.90. The van der Waals surface area contributed by atoms with Crippen molar-refractivity contribution in [2.75, 3.05) is 0 Å². The maximum atomic E-state index is 13.5. The summed E-state index contributed by atoms with van der Waals surface area (Å²) >= 11 is 0. The van der Waals surface area contributed by atoms with Gasteiger partial charge >= 0.3 is 0 Å². The molecule has 1 fully saturated rings. The molecule has 3 aromatic rings. The predicted molar refractivity (Wildman–Crippen MR) is 100 cm³/mol. The van der Waals surface area contributed by atoms with Gasteiger partial charge in [0, 0.05) is 43.7 Å². The van der Waals surface area contributed by atoms with E-state index in [1.165, 1.54) is 12.1 Å². The van der Waals surface area contributed by atoms with Gasteiger partial charge in [-0.05, 0) is 49.1 Å². The van der Waals surface area contributed by atoms with Crippen LogP contribution in [-0.2, 0) is 13.6 Å². The second-order valence-corrected chi connectivity index (χ2v) is 7.15. The Hall–Kier alpha value is -3.09. The molecule has 1 aliphatic carbocycles. The molecule has 5 nitrogen and oxygen atoms in total. The summed E-state index contributed by atoms with van der Waals surface area (Å²) < 4.78 is 28.8. The third-order valence-corrected chi connectivity index (χ3v) is 5.04. The fourth-order valence-corrected chi connectivity index (χ4v) is 3.36. The normalized spacial score (nSPS) is 14.0. The molecule has 0 unspecified atom stereocenters. The average Bonchev–Trinajstić information content (AvgIpc) is 3.05. The topological polar surface area (TPSA) is 51.0 Å². The Labute approximate surface area is 161 Å². The van der Waals surface area contributed by atoms with Gasteiger partial charge in [-0.1, -0.05) is 0 Å². The van der Waals surface area contributed by atoms with E-state index >= 15 is 0 Å². The molecule has 1 saturated carbocycles. The number of rotatable bonds is 5. The number of halogens is 2. The van der Waals surface area contributed by atoms with E-state index < -0.39 is 11.6 Å². The number of carbonyl (C=O) groups is 1. The lowest BCUT2D eigenvalue weighted by Gasteiger charge is -2.37. The van der Waals surface area contributed by atoms with Crippen LogP contribution in [0.2, 0.25) is 0 Å². The number of carbonyl (C=O) groups excluding carboxylic acids is 1. The molecule has 2 heterocycles. The number of benzene rings is 1. The Balaban J connectivity index is 1.61. The largest absolute Gasteiger partial charge is 0.340 e. The van der Waals surface area contributed by atoms with Crippen molar-refractivity contribution < 1.29 is 13.6 Å². The summed E-state index contributed by atoms with van der Waals surface area (Å²) in [5.74, 6) is -1.41. The van der Waals surface area contributed by atoms with Crippen molar-refractivity contribution in [1.82, 2.24) is 19.4 Å². The van der Waals surface area contributed by atoms with Crippen molar-refractivity contribution in [2.24, 2.45) is 7.05 Å². The number of hydrogen-bond acceptors (Lipinski definition) is 3. The minimum absolute atomic E-state index is 0.111. The highest BCUT2D eigenvalue weighted by Gasteiger charge is 2.30. The van der Waals surface area contributed by atoms with Crippen LogP contribution in [0, 0.1) is 11.6 Å². The second kappa shape index (κ2) is 7.50. The van der Waals surface area contributed by atoms with Crippen LogP contribution < -0.4 is 0 Å². The third-order valence-electron chi connectivity index (χ3n) is 5.04.